The quantitative estimate of drug-likeness (QED) is 0.116. The predicted molar refractivity (Wildman–Crippen MR) is 173 cm³/mol. The minimum Gasteiger partial charge on any atom is -0.490 e. The SMILES string of the molecule is CC(C)Oc1ccc(-c2cn(COCC[Si](C)(C)C)c3nccc(Oc4c(F)cc(CC5=NCCCO5)cc4F)c23)cc1C#N. The number of aromatic nitrogens is 2. The van der Waals surface area contributed by atoms with E-state index in [9.17, 15) is 5.26 Å². The van der Waals surface area contributed by atoms with Crippen molar-refractivity contribution in [3.8, 4) is 34.4 Å². The van der Waals surface area contributed by atoms with Crippen molar-refractivity contribution in [3.05, 3.63) is 71.6 Å². The Kier molecular flexibility index (Phi) is 9.85. The van der Waals surface area contributed by atoms with Crippen molar-refractivity contribution in [1.29, 1.82) is 5.26 Å². The molecule has 11 heteroatoms. The molecule has 4 aromatic rings. The molecule has 0 bridgehead atoms. The zero-order valence-electron chi connectivity index (χ0n) is 26.3. The van der Waals surface area contributed by atoms with Gasteiger partial charge >= 0.3 is 0 Å². The van der Waals surface area contributed by atoms with Gasteiger partial charge in [-0.15, -0.1) is 0 Å². The van der Waals surface area contributed by atoms with Crippen LogP contribution in [0.25, 0.3) is 22.2 Å². The first-order valence-electron chi connectivity index (χ1n) is 15.1. The van der Waals surface area contributed by atoms with Gasteiger partial charge in [0, 0.05) is 52.0 Å². The zero-order valence-corrected chi connectivity index (χ0v) is 27.3. The van der Waals surface area contributed by atoms with Gasteiger partial charge in [-0.25, -0.2) is 13.8 Å². The first-order chi connectivity index (χ1) is 21.5. The molecule has 1 aliphatic heterocycles. The fraction of sp³-hybridized carbons (Fsp3) is 0.382. The Morgan fingerprint density at radius 3 is 2.53 bits per heavy atom. The normalized spacial score (nSPS) is 13.4. The molecular weight excluding hydrogens is 594 g/mol. The van der Waals surface area contributed by atoms with Gasteiger partial charge < -0.3 is 23.5 Å². The number of fused-ring (bicyclic) bond motifs is 1. The van der Waals surface area contributed by atoms with Crippen LogP contribution < -0.4 is 9.47 Å². The summed E-state index contributed by atoms with van der Waals surface area (Å²) in [5.74, 6) is -1.07. The van der Waals surface area contributed by atoms with Crippen LogP contribution in [0.4, 0.5) is 8.78 Å². The number of ether oxygens (including phenoxy) is 4. The minimum atomic E-state index is -1.30. The van der Waals surface area contributed by atoms with Crippen LogP contribution in [0.2, 0.25) is 25.7 Å². The molecule has 0 atom stereocenters. The van der Waals surface area contributed by atoms with Gasteiger partial charge in [0.25, 0.3) is 0 Å². The largest absolute Gasteiger partial charge is 0.490 e. The third kappa shape index (κ3) is 7.88. The molecule has 2 aromatic heterocycles. The average molecular weight is 633 g/mol. The van der Waals surface area contributed by atoms with Gasteiger partial charge in [-0.3, -0.25) is 4.99 Å². The molecule has 0 radical (unpaired) electrons. The van der Waals surface area contributed by atoms with E-state index >= 15 is 8.78 Å². The summed E-state index contributed by atoms with van der Waals surface area (Å²) in [4.78, 5) is 8.88. The molecule has 2 aromatic carbocycles. The van der Waals surface area contributed by atoms with Crippen LogP contribution in [0, 0.1) is 23.0 Å². The van der Waals surface area contributed by atoms with E-state index in [1.807, 2.05) is 30.7 Å². The number of hydrogen-bond donors (Lipinski definition) is 0. The zero-order chi connectivity index (χ0) is 32.1. The maximum absolute atomic E-state index is 15.4. The molecule has 5 rings (SSSR count). The highest BCUT2D eigenvalue weighted by molar-refractivity contribution is 6.76. The topological polar surface area (TPSA) is 90.9 Å². The second-order valence-electron chi connectivity index (χ2n) is 12.5. The number of nitrogens with zero attached hydrogens (tertiary/aromatic N) is 4. The van der Waals surface area contributed by atoms with Gasteiger partial charge in [-0.1, -0.05) is 25.7 Å². The molecule has 0 spiro atoms. The van der Waals surface area contributed by atoms with E-state index in [-0.39, 0.29) is 25.0 Å². The maximum Gasteiger partial charge on any atom is 0.198 e. The van der Waals surface area contributed by atoms with E-state index in [1.165, 1.54) is 18.3 Å². The van der Waals surface area contributed by atoms with Crippen molar-refractivity contribution in [3.63, 3.8) is 0 Å². The summed E-state index contributed by atoms with van der Waals surface area (Å²) < 4.78 is 56.0. The Morgan fingerprint density at radius 1 is 1.09 bits per heavy atom. The minimum absolute atomic E-state index is 0.110. The fourth-order valence-corrected chi connectivity index (χ4v) is 5.74. The number of aliphatic imine (C=N–C) groups is 1. The molecule has 0 aliphatic carbocycles. The van der Waals surface area contributed by atoms with Gasteiger partial charge in [0.05, 0.1) is 23.7 Å². The summed E-state index contributed by atoms with van der Waals surface area (Å²) in [6, 6.07) is 12.6. The molecule has 1 aliphatic rings. The second-order valence-corrected chi connectivity index (χ2v) is 18.1. The lowest BCUT2D eigenvalue weighted by atomic mass is 10.0. The van der Waals surface area contributed by atoms with Crippen LogP contribution >= 0.6 is 0 Å². The lowest BCUT2D eigenvalue weighted by Crippen LogP contribution is -2.22. The smallest absolute Gasteiger partial charge is 0.198 e. The van der Waals surface area contributed by atoms with E-state index in [0.29, 0.717) is 64.7 Å². The molecule has 0 unspecified atom stereocenters. The van der Waals surface area contributed by atoms with Crippen molar-refractivity contribution >= 4 is 25.0 Å². The maximum atomic E-state index is 15.4. The van der Waals surface area contributed by atoms with Gasteiger partial charge in [-0.05, 0) is 61.4 Å². The Morgan fingerprint density at radius 2 is 1.87 bits per heavy atom. The number of hydrogen-bond acceptors (Lipinski definition) is 7. The van der Waals surface area contributed by atoms with Crippen molar-refractivity contribution in [2.75, 3.05) is 19.8 Å². The van der Waals surface area contributed by atoms with Gasteiger partial charge in [-0.2, -0.15) is 5.26 Å². The van der Waals surface area contributed by atoms with Crippen molar-refractivity contribution < 1.29 is 27.7 Å². The molecule has 236 valence electrons. The number of nitriles is 1. The summed E-state index contributed by atoms with van der Waals surface area (Å²) in [6.07, 6.45) is 4.29. The number of halogens is 2. The van der Waals surface area contributed by atoms with Gasteiger partial charge in [0.2, 0.25) is 0 Å². The van der Waals surface area contributed by atoms with Crippen LogP contribution in [0.3, 0.4) is 0 Å². The van der Waals surface area contributed by atoms with Crippen LogP contribution in [-0.2, 0) is 22.6 Å². The van der Waals surface area contributed by atoms with Crippen LogP contribution in [-0.4, -0.2) is 49.4 Å². The third-order valence-corrected chi connectivity index (χ3v) is 8.91. The first-order valence-corrected chi connectivity index (χ1v) is 18.8. The Balaban J connectivity index is 1.54. The standard InChI is InChI=1S/C34H38F2N4O4Si/c1-22(2)43-29-8-7-24(18-25(29)19-37)26-20-40(21-41-13-14-45(3,4)5)34-32(26)30(9-11-39-34)44-33-27(35)15-23(16-28(33)36)17-31-38-10-6-12-42-31/h7-9,11,15-16,18,20,22H,6,10,12-14,17,21H2,1-5H3. The Hall–Kier alpha value is -4.27. The summed E-state index contributed by atoms with van der Waals surface area (Å²) in [5, 5.41) is 10.4. The molecule has 8 nitrogen and oxygen atoms in total. The molecule has 0 saturated heterocycles. The first kappa shape index (κ1) is 32.1. The highest BCUT2D eigenvalue weighted by Gasteiger charge is 2.22. The number of rotatable bonds is 12. The molecule has 0 saturated carbocycles. The van der Waals surface area contributed by atoms with E-state index in [0.717, 1.165) is 12.5 Å². The van der Waals surface area contributed by atoms with Crippen LogP contribution in [0.5, 0.6) is 17.2 Å². The van der Waals surface area contributed by atoms with Gasteiger partial charge in [0.15, 0.2) is 23.3 Å². The van der Waals surface area contributed by atoms with E-state index in [4.69, 9.17) is 18.9 Å². The third-order valence-electron chi connectivity index (χ3n) is 7.20. The van der Waals surface area contributed by atoms with E-state index < -0.39 is 25.5 Å². The number of benzene rings is 2. The predicted octanol–water partition coefficient (Wildman–Crippen LogP) is 8.11. The van der Waals surface area contributed by atoms with Gasteiger partial charge in [0.1, 0.15) is 29.9 Å². The molecule has 0 amide bonds. The lowest BCUT2D eigenvalue weighted by Gasteiger charge is -2.16. The highest BCUT2D eigenvalue weighted by Crippen LogP contribution is 2.40. The van der Waals surface area contributed by atoms with Crippen molar-refractivity contribution in [2.24, 2.45) is 4.99 Å². The number of pyridine rings is 1. The summed E-state index contributed by atoms with van der Waals surface area (Å²) >= 11 is 0. The van der Waals surface area contributed by atoms with Crippen molar-refractivity contribution in [1.82, 2.24) is 9.55 Å². The molecule has 0 fully saturated rings. The van der Waals surface area contributed by atoms with Crippen molar-refractivity contribution in [2.45, 2.75) is 65.2 Å². The highest BCUT2D eigenvalue weighted by atomic mass is 28.3. The second kappa shape index (κ2) is 13.8. The fourth-order valence-electron chi connectivity index (χ4n) is 4.98. The molecular formula is C34H38F2N4O4Si. The summed E-state index contributed by atoms with van der Waals surface area (Å²) in [7, 11) is -1.30. The lowest BCUT2D eigenvalue weighted by molar-refractivity contribution is 0.0899. The molecule has 0 N–H and O–H groups in total. The average Bonchev–Trinajstić information content (AvgIpc) is 3.36. The molecule has 3 heterocycles. The monoisotopic (exact) mass is 632 g/mol. The van der Waals surface area contributed by atoms with Crippen LogP contribution in [0.1, 0.15) is 31.4 Å². The summed E-state index contributed by atoms with van der Waals surface area (Å²) in [5.41, 5.74) is 2.63. The summed E-state index contributed by atoms with van der Waals surface area (Å²) in [6.45, 7) is 12.6. The van der Waals surface area contributed by atoms with E-state index in [1.54, 1.807) is 18.2 Å². The Bertz CT molecular complexity index is 1730. The molecule has 45 heavy (non-hydrogen) atoms. The van der Waals surface area contributed by atoms with E-state index in [2.05, 4.69) is 35.7 Å². The van der Waals surface area contributed by atoms with Crippen LogP contribution in [0.15, 0.2) is 53.8 Å². The Labute approximate surface area is 263 Å².